The zero-order valence-corrected chi connectivity index (χ0v) is 20.2. The standard InChI is InChI=1S/C23H21ClF6N6O/c1-11-9-34(19-13-2-3-15(24)17(25)18(13)31-8-14(19)20(26)27)5-4-12(11)21(37)35-6-7-36-16(10-35)32-33-22(36)23(28,29)30/h2-3,8,11-12,20H,4-7,9-10H2,1H3/t11-,12+/m1/s1. The second-order valence-electron chi connectivity index (χ2n) is 9.29. The van der Waals surface area contributed by atoms with Crippen LogP contribution in [-0.4, -0.2) is 50.2 Å². The summed E-state index contributed by atoms with van der Waals surface area (Å²) in [5.74, 6) is -2.82. The Bertz CT molecular complexity index is 1360. The van der Waals surface area contributed by atoms with E-state index in [0.717, 1.165) is 10.8 Å². The van der Waals surface area contributed by atoms with Gasteiger partial charge in [0.2, 0.25) is 11.7 Å². The summed E-state index contributed by atoms with van der Waals surface area (Å²) < 4.78 is 82.7. The molecule has 37 heavy (non-hydrogen) atoms. The average Bonchev–Trinajstić information content (AvgIpc) is 3.29. The topological polar surface area (TPSA) is 67.2 Å². The minimum Gasteiger partial charge on any atom is -0.370 e. The average molecular weight is 547 g/mol. The highest BCUT2D eigenvalue weighted by Gasteiger charge is 2.41. The van der Waals surface area contributed by atoms with Crippen LogP contribution in [0.25, 0.3) is 10.9 Å². The van der Waals surface area contributed by atoms with E-state index in [2.05, 4.69) is 15.2 Å². The molecule has 0 bridgehead atoms. The lowest BCUT2D eigenvalue weighted by Crippen LogP contribution is -2.49. The van der Waals surface area contributed by atoms with Crippen molar-refractivity contribution in [3.05, 3.63) is 46.4 Å². The number of alkyl halides is 5. The molecule has 4 heterocycles. The molecule has 198 valence electrons. The summed E-state index contributed by atoms with van der Waals surface area (Å²) in [6, 6.07) is 2.74. The van der Waals surface area contributed by atoms with Gasteiger partial charge in [-0.25, -0.2) is 13.2 Å². The predicted molar refractivity (Wildman–Crippen MR) is 122 cm³/mol. The largest absolute Gasteiger partial charge is 0.451 e. The van der Waals surface area contributed by atoms with Gasteiger partial charge in [-0.15, -0.1) is 10.2 Å². The van der Waals surface area contributed by atoms with Gasteiger partial charge in [0.1, 0.15) is 5.52 Å². The summed E-state index contributed by atoms with van der Waals surface area (Å²) in [5, 5.41) is 6.88. The number of aromatic nitrogens is 4. The maximum Gasteiger partial charge on any atom is 0.451 e. The second kappa shape index (κ2) is 9.34. The molecule has 1 saturated heterocycles. The molecule has 0 spiro atoms. The highest BCUT2D eigenvalue weighted by Crippen LogP contribution is 2.40. The Morgan fingerprint density at radius 3 is 2.59 bits per heavy atom. The minimum atomic E-state index is -4.64. The van der Waals surface area contributed by atoms with E-state index in [-0.39, 0.29) is 77.5 Å². The Hall–Kier alpha value is -3.09. The smallest absolute Gasteiger partial charge is 0.370 e. The number of carbonyl (C=O) groups excluding carboxylic acids is 1. The predicted octanol–water partition coefficient (Wildman–Crippen LogP) is 5.08. The normalized spacial score (nSPS) is 20.6. The maximum absolute atomic E-state index is 14.6. The van der Waals surface area contributed by atoms with Crippen molar-refractivity contribution in [1.82, 2.24) is 24.6 Å². The molecule has 2 atom stereocenters. The molecule has 5 rings (SSSR count). The van der Waals surface area contributed by atoms with Crippen molar-refractivity contribution >= 4 is 34.1 Å². The van der Waals surface area contributed by atoms with Gasteiger partial charge in [-0.05, 0) is 24.5 Å². The van der Waals surface area contributed by atoms with Crippen LogP contribution in [0.4, 0.5) is 32.0 Å². The molecular formula is C23H21ClF6N6O. The second-order valence-corrected chi connectivity index (χ2v) is 9.70. The Balaban J connectivity index is 1.36. The van der Waals surface area contributed by atoms with E-state index < -0.39 is 30.2 Å². The van der Waals surface area contributed by atoms with Crippen LogP contribution in [0.3, 0.4) is 0 Å². The number of carbonyl (C=O) groups is 1. The van der Waals surface area contributed by atoms with E-state index in [0.29, 0.717) is 6.42 Å². The highest BCUT2D eigenvalue weighted by molar-refractivity contribution is 6.31. The van der Waals surface area contributed by atoms with Crippen LogP contribution in [0.15, 0.2) is 18.3 Å². The molecule has 0 N–H and O–H groups in total. The van der Waals surface area contributed by atoms with Crippen LogP contribution in [0, 0.1) is 17.7 Å². The third kappa shape index (κ3) is 4.47. The minimum absolute atomic E-state index is 0.0579. The van der Waals surface area contributed by atoms with E-state index in [1.807, 2.05) is 6.92 Å². The first-order valence-corrected chi connectivity index (χ1v) is 11.9. The molecule has 3 aromatic rings. The van der Waals surface area contributed by atoms with Crippen molar-refractivity contribution in [1.29, 1.82) is 0 Å². The Labute approximate surface area is 212 Å². The molecular weight excluding hydrogens is 526 g/mol. The van der Waals surface area contributed by atoms with Crippen LogP contribution in [0.1, 0.15) is 37.0 Å². The van der Waals surface area contributed by atoms with Gasteiger partial charge in [-0.1, -0.05) is 18.5 Å². The summed E-state index contributed by atoms with van der Waals surface area (Å²) in [6.45, 7) is 2.19. The molecule has 2 aliphatic rings. The first-order chi connectivity index (χ1) is 17.5. The molecule has 2 aliphatic heterocycles. The zero-order valence-electron chi connectivity index (χ0n) is 19.4. The number of piperidine rings is 1. The van der Waals surface area contributed by atoms with Gasteiger partial charge >= 0.3 is 6.18 Å². The quantitative estimate of drug-likeness (QED) is 0.429. The summed E-state index contributed by atoms with van der Waals surface area (Å²) in [4.78, 5) is 20.4. The third-order valence-corrected chi connectivity index (χ3v) is 7.31. The Kier molecular flexibility index (Phi) is 6.45. The number of benzene rings is 1. The van der Waals surface area contributed by atoms with Gasteiger partial charge in [0.05, 0.1) is 22.8 Å². The SMILES string of the molecule is C[C@@H]1CN(c2c(C(F)F)cnc3c(F)c(Cl)ccc23)CC[C@@H]1C(=O)N1CCn2c(nnc2C(F)(F)F)C1. The number of anilines is 1. The fraction of sp³-hybridized carbons (Fsp3) is 0.478. The van der Waals surface area contributed by atoms with Gasteiger partial charge in [0.25, 0.3) is 6.43 Å². The number of fused-ring (bicyclic) bond motifs is 2. The molecule has 7 nitrogen and oxygen atoms in total. The van der Waals surface area contributed by atoms with E-state index in [9.17, 15) is 31.1 Å². The highest BCUT2D eigenvalue weighted by atomic mass is 35.5. The summed E-state index contributed by atoms with van der Waals surface area (Å²) >= 11 is 5.85. The van der Waals surface area contributed by atoms with Crippen LogP contribution >= 0.6 is 11.6 Å². The number of hydrogen-bond donors (Lipinski definition) is 0. The monoisotopic (exact) mass is 546 g/mol. The molecule has 0 radical (unpaired) electrons. The van der Waals surface area contributed by atoms with Crippen LogP contribution < -0.4 is 4.90 Å². The lowest BCUT2D eigenvalue weighted by atomic mass is 9.85. The van der Waals surface area contributed by atoms with Crippen LogP contribution in [0.5, 0.6) is 0 Å². The van der Waals surface area contributed by atoms with Gasteiger partial charge in [0, 0.05) is 43.7 Å². The van der Waals surface area contributed by atoms with E-state index in [1.54, 1.807) is 4.90 Å². The number of hydrogen-bond acceptors (Lipinski definition) is 5. The van der Waals surface area contributed by atoms with E-state index >= 15 is 0 Å². The Morgan fingerprint density at radius 2 is 1.92 bits per heavy atom. The number of amides is 1. The summed E-state index contributed by atoms with van der Waals surface area (Å²) in [7, 11) is 0. The van der Waals surface area contributed by atoms with Crippen LogP contribution in [-0.2, 0) is 24.1 Å². The lowest BCUT2D eigenvalue weighted by Gasteiger charge is -2.41. The molecule has 0 unspecified atom stereocenters. The number of rotatable bonds is 3. The maximum atomic E-state index is 14.6. The summed E-state index contributed by atoms with van der Waals surface area (Å²) in [5.41, 5.74) is -0.311. The molecule has 1 fully saturated rings. The molecule has 1 amide bonds. The van der Waals surface area contributed by atoms with Gasteiger partial charge in [0.15, 0.2) is 11.6 Å². The molecule has 0 aliphatic carbocycles. The van der Waals surface area contributed by atoms with Crippen LogP contribution in [0.2, 0.25) is 5.02 Å². The van der Waals surface area contributed by atoms with E-state index in [1.165, 1.54) is 17.0 Å². The van der Waals surface area contributed by atoms with Gasteiger partial charge < -0.3 is 14.4 Å². The molecule has 14 heteroatoms. The van der Waals surface area contributed by atoms with Crippen molar-refractivity contribution in [2.24, 2.45) is 11.8 Å². The van der Waals surface area contributed by atoms with E-state index in [4.69, 9.17) is 11.6 Å². The molecule has 1 aromatic carbocycles. The fourth-order valence-electron chi connectivity index (χ4n) is 5.23. The fourth-order valence-corrected chi connectivity index (χ4v) is 5.38. The Morgan fingerprint density at radius 1 is 1.16 bits per heavy atom. The third-order valence-electron chi connectivity index (χ3n) is 7.02. The number of pyridine rings is 1. The van der Waals surface area contributed by atoms with Crippen molar-refractivity contribution in [3.63, 3.8) is 0 Å². The number of nitrogens with zero attached hydrogens (tertiary/aromatic N) is 6. The lowest BCUT2D eigenvalue weighted by molar-refractivity contribution is -0.148. The van der Waals surface area contributed by atoms with Crippen molar-refractivity contribution in [2.75, 3.05) is 24.5 Å². The first-order valence-electron chi connectivity index (χ1n) is 11.5. The first kappa shape index (κ1) is 25.6. The van der Waals surface area contributed by atoms with Crippen molar-refractivity contribution in [2.45, 2.75) is 39.0 Å². The van der Waals surface area contributed by atoms with Crippen molar-refractivity contribution in [3.8, 4) is 0 Å². The van der Waals surface area contributed by atoms with Gasteiger partial charge in [-0.2, -0.15) is 13.2 Å². The zero-order chi connectivity index (χ0) is 26.6. The van der Waals surface area contributed by atoms with Gasteiger partial charge in [-0.3, -0.25) is 9.78 Å². The molecule has 0 saturated carbocycles. The number of halogens is 7. The summed E-state index contributed by atoms with van der Waals surface area (Å²) in [6.07, 6.45) is -6.23. The molecule has 2 aromatic heterocycles. The van der Waals surface area contributed by atoms with Crippen molar-refractivity contribution < 1.29 is 31.1 Å².